The minimum Gasteiger partial charge on any atom is -0.478 e. The van der Waals surface area contributed by atoms with Crippen molar-refractivity contribution in [2.75, 3.05) is 0 Å². The van der Waals surface area contributed by atoms with E-state index in [0.717, 1.165) is 5.56 Å². The number of rotatable bonds is 4. The molecule has 0 aliphatic rings. The van der Waals surface area contributed by atoms with Gasteiger partial charge in [-0.05, 0) is 17.7 Å². The molecule has 0 fully saturated rings. The number of carboxylic acid groups (broad SMARTS) is 1. The monoisotopic (exact) mass is 258 g/mol. The highest BCUT2D eigenvalue weighted by atomic mass is 16.5. The Kier molecular flexibility index (Phi) is 6.44. The van der Waals surface area contributed by atoms with Crippen molar-refractivity contribution in [1.82, 2.24) is 0 Å². The Morgan fingerprint density at radius 3 is 1.95 bits per heavy atom. The molecule has 4 heteroatoms. The Morgan fingerprint density at radius 2 is 1.53 bits per heavy atom. The quantitative estimate of drug-likeness (QED) is 0.856. The van der Waals surface area contributed by atoms with Crippen molar-refractivity contribution in [3.05, 3.63) is 71.8 Å². The predicted molar refractivity (Wildman–Crippen MR) is 70.7 cm³/mol. The molecule has 19 heavy (non-hydrogen) atoms. The van der Waals surface area contributed by atoms with Crippen molar-refractivity contribution in [2.24, 2.45) is 0 Å². The Morgan fingerprint density at radius 1 is 1.00 bits per heavy atom. The molecule has 0 heterocycles. The second-order valence-corrected chi connectivity index (χ2v) is 3.56. The van der Waals surface area contributed by atoms with E-state index in [0.29, 0.717) is 18.6 Å². The summed E-state index contributed by atoms with van der Waals surface area (Å²) < 4.78 is 4.54. The highest BCUT2D eigenvalue weighted by molar-refractivity contribution is 5.87. The van der Waals surface area contributed by atoms with Gasteiger partial charge in [0.05, 0.1) is 5.56 Å². The molecule has 0 radical (unpaired) electrons. The zero-order chi connectivity index (χ0) is 13.9. The number of ether oxygens (including phenoxy) is 1. The molecule has 1 N–H and O–H groups in total. The molecule has 2 aromatic rings. The standard InChI is InChI=1S/C8H8O2.C7H6O2/c9-7-10-6-8-4-2-1-3-5-8;8-7(9)6-4-2-1-3-5-6/h1-5,7H,6H2;1-5H,(H,8,9). The molecule has 0 atom stereocenters. The van der Waals surface area contributed by atoms with Crippen molar-refractivity contribution in [2.45, 2.75) is 6.61 Å². The largest absolute Gasteiger partial charge is 0.478 e. The van der Waals surface area contributed by atoms with Crippen LogP contribution in [0.2, 0.25) is 0 Å². The summed E-state index contributed by atoms with van der Waals surface area (Å²) in [5, 5.41) is 8.38. The molecule has 0 saturated carbocycles. The SMILES string of the molecule is O=C(O)c1ccccc1.O=COCc1ccccc1. The first kappa shape index (κ1) is 14.4. The van der Waals surface area contributed by atoms with E-state index in [4.69, 9.17) is 5.11 Å². The third kappa shape index (κ3) is 6.02. The van der Waals surface area contributed by atoms with Crippen molar-refractivity contribution < 1.29 is 19.4 Å². The summed E-state index contributed by atoms with van der Waals surface area (Å²) in [6, 6.07) is 17.8. The van der Waals surface area contributed by atoms with Gasteiger partial charge in [-0.1, -0.05) is 48.5 Å². The first-order valence-corrected chi connectivity index (χ1v) is 5.61. The zero-order valence-electron chi connectivity index (χ0n) is 10.2. The van der Waals surface area contributed by atoms with Gasteiger partial charge in [0.2, 0.25) is 0 Å². The van der Waals surface area contributed by atoms with E-state index in [2.05, 4.69) is 4.74 Å². The summed E-state index contributed by atoms with van der Waals surface area (Å²) in [5.74, 6) is -0.879. The first-order valence-electron chi connectivity index (χ1n) is 5.61. The van der Waals surface area contributed by atoms with Gasteiger partial charge in [-0.25, -0.2) is 4.79 Å². The van der Waals surface area contributed by atoms with Crippen LogP contribution in [0, 0.1) is 0 Å². The average Bonchev–Trinajstić information content (AvgIpc) is 2.48. The lowest BCUT2D eigenvalue weighted by Gasteiger charge is -1.95. The van der Waals surface area contributed by atoms with Gasteiger partial charge in [0.1, 0.15) is 6.61 Å². The highest BCUT2D eigenvalue weighted by Crippen LogP contribution is 1.98. The smallest absolute Gasteiger partial charge is 0.335 e. The van der Waals surface area contributed by atoms with Crippen LogP contribution in [0.1, 0.15) is 15.9 Å². The van der Waals surface area contributed by atoms with Crippen LogP contribution >= 0.6 is 0 Å². The summed E-state index contributed by atoms with van der Waals surface area (Å²) >= 11 is 0. The molecule has 0 aliphatic carbocycles. The number of hydrogen-bond acceptors (Lipinski definition) is 3. The number of carbonyl (C=O) groups excluding carboxylic acids is 1. The lowest BCUT2D eigenvalue weighted by molar-refractivity contribution is -0.129. The topological polar surface area (TPSA) is 63.6 Å². The molecule has 2 rings (SSSR count). The van der Waals surface area contributed by atoms with Crippen LogP contribution in [0.5, 0.6) is 0 Å². The molecule has 0 aliphatic heterocycles. The lowest BCUT2D eigenvalue weighted by Crippen LogP contribution is -1.93. The third-order valence-corrected chi connectivity index (χ3v) is 2.18. The van der Waals surface area contributed by atoms with Crippen molar-refractivity contribution >= 4 is 12.4 Å². The van der Waals surface area contributed by atoms with Gasteiger partial charge < -0.3 is 9.84 Å². The van der Waals surface area contributed by atoms with E-state index in [1.165, 1.54) is 0 Å². The maximum absolute atomic E-state index is 10.2. The van der Waals surface area contributed by atoms with E-state index < -0.39 is 5.97 Å². The minimum absolute atomic E-state index is 0.331. The summed E-state index contributed by atoms with van der Waals surface area (Å²) in [7, 11) is 0. The molecule has 0 amide bonds. The van der Waals surface area contributed by atoms with Crippen LogP contribution in [-0.4, -0.2) is 17.5 Å². The summed E-state index contributed by atoms with van der Waals surface area (Å²) in [6.07, 6.45) is 0. The van der Waals surface area contributed by atoms with Gasteiger partial charge in [0.15, 0.2) is 0 Å². The lowest BCUT2D eigenvalue weighted by atomic mass is 10.2. The Bertz CT molecular complexity index is 494. The van der Waals surface area contributed by atoms with Crippen LogP contribution < -0.4 is 0 Å². The molecular formula is C15H14O4. The normalized spacial score (nSPS) is 8.84. The number of carboxylic acids is 1. The van der Waals surface area contributed by atoms with Crippen LogP contribution in [0.3, 0.4) is 0 Å². The Labute approximate surface area is 111 Å². The first-order chi connectivity index (χ1) is 9.24. The fraction of sp³-hybridized carbons (Fsp3) is 0.0667. The Hall–Kier alpha value is -2.62. The zero-order valence-corrected chi connectivity index (χ0v) is 10.2. The maximum atomic E-state index is 10.2. The fourth-order valence-electron chi connectivity index (χ4n) is 1.29. The molecule has 0 spiro atoms. The minimum atomic E-state index is -0.879. The van der Waals surface area contributed by atoms with Crippen LogP contribution in [0.15, 0.2) is 60.7 Å². The van der Waals surface area contributed by atoms with Crippen LogP contribution in [-0.2, 0) is 16.1 Å². The number of hydrogen-bond donors (Lipinski definition) is 1. The second-order valence-electron chi connectivity index (χ2n) is 3.56. The van der Waals surface area contributed by atoms with Crippen LogP contribution in [0.4, 0.5) is 0 Å². The van der Waals surface area contributed by atoms with Crippen molar-refractivity contribution in [3.63, 3.8) is 0 Å². The summed E-state index contributed by atoms with van der Waals surface area (Å²) in [6.45, 7) is 0.817. The van der Waals surface area contributed by atoms with Gasteiger partial charge >= 0.3 is 5.97 Å². The van der Waals surface area contributed by atoms with Gasteiger partial charge in [0.25, 0.3) is 6.47 Å². The Balaban J connectivity index is 0.000000191. The van der Waals surface area contributed by atoms with E-state index in [1.54, 1.807) is 30.3 Å². The molecule has 0 saturated heterocycles. The van der Waals surface area contributed by atoms with E-state index >= 15 is 0 Å². The molecular weight excluding hydrogens is 244 g/mol. The third-order valence-electron chi connectivity index (χ3n) is 2.18. The van der Waals surface area contributed by atoms with E-state index in [-0.39, 0.29) is 0 Å². The molecule has 0 unspecified atom stereocenters. The van der Waals surface area contributed by atoms with E-state index in [1.807, 2.05) is 30.3 Å². The molecule has 2 aromatic carbocycles. The van der Waals surface area contributed by atoms with Gasteiger partial charge in [-0.3, -0.25) is 4.79 Å². The van der Waals surface area contributed by atoms with Crippen molar-refractivity contribution in [3.8, 4) is 0 Å². The summed E-state index contributed by atoms with van der Waals surface area (Å²) in [5.41, 5.74) is 1.34. The van der Waals surface area contributed by atoms with Gasteiger partial charge in [-0.2, -0.15) is 0 Å². The molecule has 4 nitrogen and oxygen atoms in total. The summed E-state index contributed by atoms with van der Waals surface area (Å²) in [4.78, 5) is 20.0. The average molecular weight is 258 g/mol. The van der Waals surface area contributed by atoms with Gasteiger partial charge in [-0.15, -0.1) is 0 Å². The second kappa shape index (κ2) is 8.47. The molecule has 0 aromatic heterocycles. The molecule has 98 valence electrons. The number of benzene rings is 2. The van der Waals surface area contributed by atoms with Crippen LogP contribution in [0.25, 0.3) is 0 Å². The molecule has 0 bridgehead atoms. The number of carbonyl (C=O) groups is 2. The van der Waals surface area contributed by atoms with Crippen molar-refractivity contribution in [1.29, 1.82) is 0 Å². The van der Waals surface area contributed by atoms with E-state index in [9.17, 15) is 9.59 Å². The number of aromatic carboxylic acids is 1. The predicted octanol–water partition coefficient (Wildman–Crippen LogP) is 2.74. The maximum Gasteiger partial charge on any atom is 0.335 e. The van der Waals surface area contributed by atoms with Gasteiger partial charge in [0, 0.05) is 0 Å². The highest BCUT2D eigenvalue weighted by Gasteiger charge is 1.96. The fourth-order valence-corrected chi connectivity index (χ4v) is 1.29.